The highest BCUT2D eigenvalue weighted by Gasteiger charge is 2.57. The van der Waals surface area contributed by atoms with Gasteiger partial charge in [0, 0.05) is 72.0 Å². The van der Waals surface area contributed by atoms with Gasteiger partial charge in [-0.2, -0.15) is 0 Å². The van der Waals surface area contributed by atoms with E-state index in [1.54, 1.807) is 30.3 Å². The van der Waals surface area contributed by atoms with Crippen molar-refractivity contribution >= 4 is 35.6 Å². The van der Waals surface area contributed by atoms with Gasteiger partial charge in [-0.1, -0.05) is 39.8 Å². The second kappa shape index (κ2) is 15.3. The van der Waals surface area contributed by atoms with Crippen LogP contribution in [0.2, 0.25) is 0 Å². The number of carbonyl (C=O) groups excluding carboxylic acids is 6. The smallest absolute Gasteiger partial charge is 0.340 e. The summed E-state index contributed by atoms with van der Waals surface area (Å²) in [5, 5.41) is 39.2. The fraction of sp³-hybridized carbons (Fsp3) is 0.478. The molecule has 0 unspecified atom stereocenters. The van der Waals surface area contributed by atoms with Crippen LogP contribution in [0.5, 0.6) is 23.0 Å². The Morgan fingerprint density at radius 2 is 1.22 bits per heavy atom. The summed E-state index contributed by atoms with van der Waals surface area (Å²) < 4.78 is 17.1. The first kappa shape index (κ1) is 42.1. The third-order valence-corrected chi connectivity index (χ3v) is 14.6. The van der Waals surface area contributed by atoms with Gasteiger partial charge >= 0.3 is 11.9 Å². The van der Waals surface area contributed by atoms with Gasteiger partial charge in [0.2, 0.25) is 17.7 Å². The van der Waals surface area contributed by atoms with Gasteiger partial charge in [0.25, 0.3) is 5.91 Å². The normalized spacial score (nSPS) is 28.7. The third-order valence-electron chi connectivity index (χ3n) is 14.6. The summed E-state index contributed by atoms with van der Waals surface area (Å²) in [6.45, 7) is 8.51. The Morgan fingerprint density at radius 3 is 1.76 bits per heavy atom. The van der Waals surface area contributed by atoms with Gasteiger partial charge in [-0.3, -0.25) is 24.0 Å². The molecule has 2 aliphatic carbocycles. The number of methoxy groups -OCH3 is 1. The molecule has 4 fully saturated rings. The van der Waals surface area contributed by atoms with Crippen LogP contribution in [0, 0.1) is 22.7 Å². The van der Waals surface area contributed by atoms with E-state index in [-0.39, 0.29) is 94.2 Å². The van der Waals surface area contributed by atoms with E-state index in [0.29, 0.717) is 49.0 Å². The maximum Gasteiger partial charge on any atom is 0.340 e. The van der Waals surface area contributed by atoms with Crippen LogP contribution < -0.4 is 36.6 Å². The number of benzene rings is 3. The highest BCUT2D eigenvalue weighted by molar-refractivity contribution is 6.09. The Hall–Kier alpha value is -6.20. The first-order chi connectivity index (χ1) is 29.9. The van der Waals surface area contributed by atoms with Crippen molar-refractivity contribution in [1.82, 2.24) is 31.9 Å². The second-order valence-corrected chi connectivity index (χ2v) is 18.9. The minimum absolute atomic E-state index is 0.0694. The molecule has 1 spiro atoms. The number of rotatable bonds is 9. The number of carbonyl (C=O) groups is 6. The second-order valence-electron chi connectivity index (χ2n) is 18.9. The highest BCUT2D eigenvalue weighted by atomic mass is 16.6. The summed E-state index contributed by atoms with van der Waals surface area (Å²) in [5.74, 6) is -2.40. The van der Waals surface area contributed by atoms with Gasteiger partial charge in [-0.25, -0.2) is 4.79 Å². The lowest BCUT2D eigenvalue weighted by molar-refractivity contribution is -0.160. The number of phenolic OH excluding ortho intramolecular Hbond substituents is 2. The lowest BCUT2D eigenvalue weighted by Crippen LogP contribution is -2.64. The summed E-state index contributed by atoms with van der Waals surface area (Å²) in [4.78, 5) is 80.0. The van der Waals surface area contributed by atoms with E-state index >= 15 is 0 Å². The summed E-state index contributed by atoms with van der Waals surface area (Å²) in [6.07, 6.45) is 1.68. The van der Waals surface area contributed by atoms with E-state index < -0.39 is 46.4 Å². The zero-order valence-electron chi connectivity index (χ0n) is 35.6. The SMILES string of the molecule is COC(=O)[C@H]1C[C@@H](NC(=O)[C@@H]2C[C@H](NC(=O)[C@H]3C[C@@H](NC(=O)[C@@H]4C[C@H](NC(=O)c5cccc6c5C(=O)OC65c6ccc(O)cc6Oc6cc(O)ccc65)CN4)C3(C)C)CN2)C1(C)C. The molecule has 4 heterocycles. The maximum absolute atomic E-state index is 13.9. The molecule has 8 N–H and O–H groups in total. The van der Waals surface area contributed by atoms with Crippen molar-refractivity contribution in [3.05, 3.63) is 82.4 Å². The quantitative estimate of drug-likeness (QED) is 0.144. The van der Waals surface area contributed by atoms with Crippen LogP contribution in [0.25, 0.3) is 0 Å². The predicted octanol–water partition coefficient (Wildman–Crippen LogP) is 2.21. The van der Waals surface area contributed by atoms with Crippen LogP contribution in [0.4, 0.5) is 0 Å². The third kappa shape index (κ3) is 6.92. The molecule has 0 bridgehead atoms. The number of fused-ring (bicyclic) bond motifs is 6. The standard InChI is InChI=1S/C46H52N6O11/c1-44(2)29(39(56)50-22-14-32(48-20-22)41(58)52-36-18-30(42(59)61-5)45(36,3)4)17-35(44)51-40(57)31-13-21(19-47-31)49-38(55)25-7-6-8-28-37(25)43(60)63-46(28)26-11-9-23(53)15-33(26)62-34-16-24(54)10-12-27(34)46/h6-12,15-16,21-22,29-32,35-36,47-48,53-54H,13-14,17-20H2,1-5H3,(H,49,55)(H,50,56)(H,51,57)(H,52,58)/t21-,22-,29+,30+,31-,32-,35+,36+/m0/s1. The van der Waals surface area contributed by atoms with E-state index in [0.717, 1.165) is 0 Å². The molecular formula is C46H52N6O11. The topological polar surface area (TPSA) is 243 Å². The molecule has 3 aromatic rings. The van der Waals surface area contributed by atoms with Gasteiger partial charge in [-0.05, 0) is 66.8 Å². The molecule has 2 saturated heterocycles. The van der Waals surface area contributed by atoms with Crippen LogP contribution in [0.1, 0.15) is 90.8 Å². The number of hydrogen-bond acceptors (Lipinski definition) is 13. The number of ether oxygens (including phenoxy) is 3. The first-order valence-corrected chi connectivity index (χ1v) is 21.4. The molecule has 3 aromatic carbocycles. The lowest BCUT2D eigenvalue weighted by Gasteiger charge is -2.51. The molecule has 2 saturated carbocycles. The average Bonchev–Trinajstić information content (AvgIpc) is 3.98. The molecule has 0 aromatic heterocycles. The number of nitrogens with one attached hydrogen (secondary N) is 6. The lowest BCUT2D eigenvalue weighted by atomic mass is 9.58. The van der Waals surface area contributed by atoms with E-state index in [9.17, 15) is 39.0 Å². The van der Waals surface area contributed by atoms with Crippen molar-refractivity contribution in [1.29, 1.82) is 0 Å². The van der Waals surface area contributed by atoms with Crippen molar-refractivity contribution in [2.45, 2.75) is 95.2 Å². The van der Waals surface area contributed by atoms with E-state index in [1.165, 1.54) is 31.4 Å². The van der Waals surface area contributed by atoms with E-state index in [2.05, 4.69) is 31.9 Å². The van der Waals surface area contributed by atoms with E-state index in [1.807, 2.05) is 27.7 Å². The van der Waals surface area contributed by atoms with Crippen molar-refractivity contribution in [3.8, 4) is 23.0 Å². The van der Waals surface area contributed by atoms with Gasteiger partial charge in [-0.15, -0.1) is 0 Å². The number of aromatic hydroxyl groups is 2. The Kier molecular flexibility index (Phi) is 10.2. The van der Waals surface area contributed by atoms with Crippen LogP contribution in [-0.2, 0) is 34.3 Å². The Morgan fingerprint density at radius 1 is 0.683 bits per heavy atom. The van der Waals surface area contributed by atoms with Gasteiger partial charge in [0.05, 0.1) is 36.2 Å². The van der Waals surface area contributed by atoms with Crippen LogP contribution in [0.3, 0.4) is 0 Å². The zero-order chi connectivity index (χ0) is 44.7. The molecule has 17 nitrogen and oxygen atoms in total. The minimum Gasteiger partial charge on any atom is -0.508 e. The summed E-state index contributed by atoms with van der Waals surface area (Å²) >= 11 is 0. The monoisotopic (exact) mass is 864 g/mol. The molecule has 4 aliphatic heterocycles. The average molecular weight is 865 g/mol. The Labute approximate surface area is 363 Å². The van der Waals surface area contributed by atoms with Crippen molar-refractivity contribution in [2.75, 3.05) is 20.2 Å². The van der Waals surface area contributed by atoms with Gasteiger partial charge < -0.3 is 56.3 Å². The molecule has 332 valence electrons. The maximum atomic E-state index is 13.9. The number of hydrogen-bond donors (Lipinski definition) is 8. The summed E-state index contributed by atoms with van der Waals surface area (Å²) in [7, 11) is 1.36. The van der Waals surface area contributed by atoms with Crippen LogP contribution in [-0.4, -0.2) is 102 Å². The van der Waals surface area contributed by atoms with Crippen LogP contribution in [0.15, 0.2) is 54.6 Å². The van der Waals surface area contributed by atoms with Crippen LogP contribution >= 0.6 is 0 Å². The molecular weight excluding hydrogens is 813 g/mol. The number of phenols is 2. The summed E-state index contributed by atoms with van der Waals surface area (Å²) in [5.41, 5.74) is -1.06. The van der Waals surface area contributed by atoms with Gasteiger partial charge in [0.1, 0.15) is 23.0 Å². The Bertz CT molecular complexity index is 2400. The number of amides is 4. The number of esters is 2. The molecule has 63 heavy (non-hydrogen) atoms. The summed E-state index contributed by atoms with van der Waals surface area (Å²) in [6, 6.07) is 11.6. The zero-order valence-corrected chi connectivity index (χ0v) is 35.6. The van der Waals surface area contributed by atoms with Crippen molar-refractivity contribution < 1.29 is 53.2 Å². The fourth-order valence-corrected chi connectivity index (χ4v) is 10.5. The van der Waals surface area contributed by atoms with Gasteiger partial charge in [0.15, 0.2) is 5.60 Å². The van der Waals surface area contributed by atoms with Crippen molar-refractivity contribution in [3.63, 3.8) is 0 Å². The molecule has 0 radical (unpaired) electrons. The molecule has 6 aliphatic rings. The fourth-order valence-electron chi connectivity index (χ4n) is 10.5. The molecule has 4 amide bonds. The molecule has 9 rings (SSSR count). The highest BCUT2D eigenvalue weighted by Crippen LogP contribution is 2.57. The largest absolute Gasteiger partial charge is 0.508 e. The predicted molar refractivity (Wildman–Crippen MR) is 224 cm³/mol. The molecule has 8 atom stereocenters. The van der Waals surface area contributed by atoms with E-state index in [4.69, 9.17) is 14.2 Å². The Balaban J connectivity index is 0.784. The first-order valence-electron chi connectivity index (χ1n) is 21.4. The minimum atomic E-state index is -1.53. The molecule has 17 heteroatoms. The van der Waals surface area contributed by atoms with Crippen molar-refractivity contribution in [2.24, 2.45) is 22.7 Å².